The second kappa shape index (κ2) is 7.17. The molecule has 4 rings (SSSR count). The van der Waals surface area contributed by atoms with Crippen LogP contribution in [0.15, 0.2) is 73.2 Å². The van der Waals surface area contributed by atoms with Crippen LogP contribution < -0.4 is 5.32 Å². The van der Waals surface area contributed by atoms with Crippen molar-refractivity contribution in [2.75, 3.05) is 5.32 Å². The molecule has 0 aliphatic heterocycles. The molecule has 2 heterocycles. The van der Waals surface area contributed by atoms with Gasteiger partial charge in [0.2, 0.25) is 0 Å². The summed E-state index contributed by atoms with van der Waals surface area (Å²) in [4.78, 5) is 21.5. The van der Waals surface area contributed by atoms with Gasteiger partial charge in [0, 0.05) is 40.3 Å². The Labute approximate surface area is 161 Å². The highest BCUT2D eigenvalue weighted by molar-refractivity contribution is 6.30. The second-order valence-corrected chi connectivity index (χ2v) is 6.63. The van der Waals surface area contributed by atoms with Crippen molar-refractivity contribution >= 4 is 34.1 Å². The number of halogens is 1. The van der Waals surface area contributed by atoms with Crippen molar-refractivity contribution in [1.82, 2.24) is 9.97 Å². The van der Waals surface area contributed by atoms with Crippen LogP contribution in [-0.4, -0.2) is 15.9 Å². The summed E-state index contributed by atoms with van der Waals surface area (Å²) in [6.45, 7) is 1.93. The number of anilines is 1. The van der Waals surface area contributed by atoms with Gasteiger partial charge in [-0.1, -0.05) is 29.8 Å². The van der Waals surface area contributed by atoms with Crippen LogP contribution in [0.5, 0.6) is 0 Å². The molecule has 2 aromatic carbocycles. The number of pyridine rings is 2. The Hall–Kier alpha value is -3.24. The van der Waals surface area contributed by atoms with E-state index in [4.69, 9.17) is 11.6 Å². The zero-order valence-corrected chi connectivity index (χ0v) is 15.4. The lowest BCUT2D eigenvalue weighted by molar-refractivity contribution is 0.102. The van der Waals surface area contributed by atoms with Crippen LogP contribution in [0.2, 0.25) is 5.02 Å². The summed E-state index contributed by atoms with van der Waals surface area (Å²) in [7, 11) is 0. The molecule has 0 radical (unpaired) electrons. The van der Waals surface area contributed by atoms with Crippen molar-refractivity contribution in [1.29, 1.82) is 0 Å². The average molecular weight is 374 g/mol. The average Bonchev–Trinajstić information content (AvgIpc) is 2.69. The maximum Gasteiger partial charge on any atom is 0.257 e. The van der Waals surface area contributed by atoms with Crippen LogP contribution in [0.25, 0.3) is 22.0 Å². The van der Waals surface area contributed by atoms with E-state index in [-0.39, 0.29) is 5.91 Å². The fourth-order valence-corrected chi connectivity index (χ4v) is 3.22. The first-order chi connectivity index (χ1) is 13.1. The number of rotatable bonds is 3. The number of amides is 1. The number of fused-ring (bicyclic) bond motifs is 1. The van der Waals surface area contributed by atoms with Crippen LogP contribution in [0.3, 0.4) is 0 Å². The molecular weight excluding hydrogens is 358 g/mol. The Balaban J connectivity index is 1.74. The highest BCUT2D eigenvalue weighted by Gasteiger charge is 2.15. The number of hydrogen-bond donors (Lipinski definition) is 1. The van der Waals surface area contributed by atoms with E-state index in [1.807, 2.05) is 37.3 Å². The smallest absolute Gasteiger partial charge is 0.257 e. The Morgan fingerprint density at radius 2 is 1.78 bits per heavy atom. The molecule has 132 valence electrons. The van der Waals surface area contributed by atoms with Gasteiger partial charge in [0.05, 0.1) is 11.1 Å². The zero-order valence-electron chi connectivity index (χ0n) is 14.6. The molecule has 0 unspecified atom stereocenters. The van der Waals surface area contributed by atoms with E-state index in [1.165, 1.54) is 0 Å². The largest absolute Gasteiger partial charge is 0.322 e. The van der Waals surface area contributed by atoms with Crippen molar-refractivity contribution in [2.45, 2.75) is 6.92 Å². The molecule has 0 saturated heterocycles. The van der Waals surface area contributed by atoms with E-state index in [0.717, 1.165) is 27.6 Å². The summed E-state index contributed by atoms with van der Waals surface area (Å²) in [5.74, 6) is -0.206. The summed E-state index contributed by atoms with van der Waals surface area (Å²) in [6, 6.07) is 16.9. The number of nitrogens with zero attached hydrogens (tertiary/aromatic N) is 2. The van der Waals surface area contributed by atoms with E-state index in [1.54, 1.807) is 42.9 Å². The predicted octanol–water partition coefficient (Wildman–Crippen LogP) is 5.51. The maximum absolute atomic E-state index is 12.8. The van der Waals surface area contributed by atoms with Gasteiger partial charge in [0.15, 0.2) is 0 Å². The molecule has 0 aliphatic rings. The number of benzene rings is 2. The van der Waals surface area contributed by atoms with Gasteiger partial charge in [0.25, 0.3) is 5.91 Å². The first kappa shape index (κ1) is 17.2. The van der Waals surface area contributed by atoms with Crippen molar-refractivity contribution < 1.29 is 4.79 Å². The maximum atomic E-state index is 12.8. The van der Waals surface area contributed by atoms with Crippen molar-refractivity contribution in [3.8, 4) is 11.1 Å². The normalized spacial score (nSPS) is 10.7. The lowest BCUT2D eigenvalue weighted by Gasteiger charge is -2.13. The minimum absolute atomic E-state index is 0.206. The first-order valence-electron chi connectivity index (χ1n) is 8.49. The molecular formula is C22H16ClN3O. The molecule has 27 heavy (non-hydrogen) atoms. The quantitative estimate of drug-likeness (QED) is 0.515. The molecule has 4 nitrogen and oxygen atoms in total. The molecule has 0 atom stereocenters. The molecule has 0 fully saturated rings. The molecule has 4 aromatic rings. The zero-order chi connectivity index (χ0) is 18.8. The van der Waals surface area contributed by atoms with Crippen molar-refractivity contribution in [3.63, 3.8) is 0 Å². The highest BCUT2D eigenvalue weighted by Crippen LogP contribution is 2.31. The van der Waals surface area contributed by atoms with Gasteiger partial charge < -0.3 is 5.32 Å². The molecule has 2 aromatic heterocycles. The molecule has 0 bridgehead atoms. The summed E-state index contributed by atoms with van der Waals surface area (Å²) < 4.78 is 0. The molecule has 0 saturated carbocycles. The minimum Gasteiger partial charge on any atom is -0.322 e. The molecule has 1 amide bonds. The topological polar surface area (TPSA) is 54.9 Å². The molecule has 1 N–H and O–H groups in total. The Bertz CT molecular complexity index is 1130. The van der Waals surface area contributed by atoms with Gasteiger partial charge in [-0.25, -0.2) is 0 Å². The number of carbonyl (C=O) groups is 1. The van der Waals surface area contributed by atoms with Gasteiger partial charge in [-0.05, 0) is 54.4 Å². The fraction of sp³-hybridized carbons (Fsp3) is 0.0455. The van der Waals surface area contributed by atoms with E-state index in [9.17, 15) is 4.79 Å². The number of nitrogens with one attached hydrogen (secondary N) is 1. The minimum atomic E-state index is -0.206. The molecule has 0 aliphatic carbocycles. The van der Waals surface area contributed by atoms with Gasteiger partial charge in [-0.2, -0.15) is 0 Å². The van der Waals surface area contributed by atoms with Crippen molar-refractivity contribution in [3.05, 3.63) is 89.3 Å². The predicted molar refractivity (Wildman–Crippen MR) is 109 cm³/mol. The van der Waals surface area contributed by atoms with Gasteiger partial charge in [-0.3, -0.25) is 14.8 Å². The third kappa shape index (κ3) is 3.39. The highest BCUT2D eigenvalue weighted by atomic mass is 35.5. The Morgan fingerprint density at radius 1 is 0.963 bits per heavy atom. The number of hydrogen-bond acceptors (Lipinski definition) is 3. The standard InChI is InChI=1S/C22H16ClN3O/c1-14-19(17-4-2-6-21-18(17)5-3-11-25-21)12-24-13-20(14)22(27)26-16-9-7-15(23)8-10-16/h2-13H,1H3,(H,26,27). The number of aromatic nitrogens is 2. The van der Waals surface area contributed by atoms with Crippen LogP contribution in [-0.2, 0) is 0 Å². The number of carbonyl (C=O) groups excluding carboxylic acids is 1. The van der Waals surface area contributed by atoms with Gasteiger partial charge >= 0.3 is 0 Å². The fourth-order valence-electron chi connectivity index (χ4n) is 3.10. The Morgan fingerprint density at radius 3 is 2.59 bits per heavy atom. The third-order valence-corrected chi connectivity index (χ3v) is 4.75. The van der Waals surface area contributed by atoms with Crippen LogP contribution >= 0.6 is 11.6 Å². The van der Waals surface area contributed by atoms with Gasteiger partial charge in [-0.15, -0.1) is 0 Å². The van der Waals surface area contributed by atoms with Crippen LogP contribution in [0.4, 0.5) is 5.69 Å². The van der Waals surface area contributed by atoms with Crippen LogP contribution in [0.1, 0.15) is 15.9 Å². The third-order valence-electron chi connectivity index (χ3n) is 4.50. The monoisotopic (exact) mass is 373 g/mol. The lowest BCUT2D eigenvalue weighted by Crippen LogP contribution is -2.14. The van der Waals surface area contributed by atoms with E-state index >= 15 is 0 Å². The Kier molecular flexibility index (Phi) is 4.57. The molecule has 0 spiro atoms. The van der Waals surface area contributed by atoms with Crippen LogP contribution in [0, 0.1) is 6.92 Å². The summed E-state index contributed by atoms with van der Waals surface area (Å²) in [5, 5.41) is 4.54. The van der Waals surface area contributed by atoms with E-state index in [2.05, 4.69) is 15.3 Å². The summed E-state index contributed by atoms with van der Waals surface area (Å²) in [5.41, 5.74) is 4.91. The van der Waals surface area contributed by atoms with E-state index in [0.29, 0.717) is 16.3 Å². The SMILES string of the molecule is Cc1c(C(=O)Nc2ccc(Cl)cc2)cncc1-c1cccc2ncccc12. The molecule has 5 heteroatoms. The first-order valence-corrected chi connectivity index (χ1v) is 8.87. The van der Waals surface area contributed by atoms with Crippen molar-refractivity contribution in [2.24, 2.45) is 0 Å². The second-order valence-electron chi connectivity index (χ2n) is 6.20. The summed E-state index contributed by atoms with van der Waals surface area (Å²) >= 11 is 5.90. The summed E-state index contributed by atoms with van der Waals surface area (Å²) in [6.07, 6.45) is 5.15. The van der Waals surface area contributed by atoms with E-state index < -0.39 is 0 Å². The lowest BCUT2D eigenvalue weighted by atomic mass is 9.96. The van der Waals surface area contributed by atoms with Gasteiger partial charge in [0.1, 0.15) is 0 Å².